The second-order valence-corrected chi connectivity index (χ2v) is 6.42. The van der Waals surface area contributed by atoms with Crippen LogP contribution in [0.5, 0.6) is 0 Å². The van der Waals surface area contributed by atoms with Gasteiger partial charge in [0.25, 0.3) is 0 Å². The van der Waals surface area contributed by atoms with Crippen LogP contribution in [-0.2, 0) is 6.42 Å². The molecule has 0 aromatic carbocycles. The van der Waals surface area contributed by atoms with Crippen LogP contribution >= 0.6 is 11.3 Å². The summed E-state index contributed by atoms with van der Waals surface area (Å²) in [6, 6.07) is 0. The first kappa shape index (κ1) is 13.0. The van der Waals surface area contributed by atoms with E-state index in [1.807, 2.05) is 11.3 Å². The Balaban J connectivity index is 2.07. The van der Waals surface area contributed by atoms with Crippen molar-refractivity contribution in [3.05, 3.63) is 15.6 Å². The first-order chi connectivity index (χ1) is 8.22. The van der Waals surface area contributed by atoms with Gasteiger partial charge >= 0.3 is 0 Å². The summed E-state index contributed by atoms with van der Waals surface area (Å²) >= 11 is 1.95. The van der Waals surface area contributed by atoms with E-state index < -0.39 is 0 Å². The molecule has 1 N–H and O–H groups in total. The van der Waals surface area contributed by atoms with E-state index >= 15 is 0 Å². The minimum Gasteiger partial charge on any atom is -0.316 e. The molecule has 1 atom stereocenters. The van der Waals surface area contributed by atoms with E-state index in [2.05, 4.69) is 26.1 Å². The number of nitrogens with one attached hydrogen (secondary N) is 1. The van der Waals surface area contributed by atoms with Gasteiger partial charge in [-0.15, -0.1) is 11.3 Å². The average molecular weight is 252 g/mol. The third-order valence-electron chi connectivity index (χ3n) is 3.40. The highest BCUT2D eigenvalue weighted by atomic mass is 32.1. The van der Waals surface area contributed by atoms with Crippen LogP contribution < -0.4 is 5.32 Å². The molecule has 0 saturated heterocycles. The molecule has 0 spiro atoms. The summed E-state index contributed by atoms with van der Waals surface area (Å²) in [7, 11) is 0. The first-order valence-electron chi connectivity index (χ1n) is 6.92. The Morgan fingerprint density at radius 3 is 3.00 bits per heavy atom. The molecule has 0 radical (unpaired) electrons. The number of aromatic nitrogens is 1. The molecule has 96 valence electrons. The Morgan fingerprint density at radius 1 is 1.47 bits per heavy atom. The lowest BCUT2D eigenvalue weighted by Gasteiger charge is -2.21. The lowest BCUT2D eigenvalue weighted by molar-refractivity contribution is 0.500. The zero-order valence-electron chi connectivity index (χ0n) is 11.3. The van der Waals surface area contributed by atoms with E-state index in [-0.39, 0.29) is 0 Å². The monoisotopic (exact) mass is 252 g/mol. The van der Waals surface area contributed by atoms with Crippen molar-refractivity contribution in [2.24, 2.45) is 0 Å². The van der Waals surface area contributed by atoms with Gasteiger partial charge in [-0.25, -0.2) is 4.98 Å². The summed E-state index contributed by atoms with van der Waals surface area (Å²) in [4.78, 5) is 6.45. The Kier molecular flexibility index (Phi) is 4.57. The van der Waals surface area contributed by atoms with Crippen LogP contribution in [0.2, 0.25) is 0 Å². The molecule has 1 aliphatic carbocycles. The van der Waals surface area contributed by atoms with Crippen molar-refractivity contribution in [1.29, 1.82) is 0 Å². The fourth-order valence-corrected chi connectivity index (χ4v) is 3.62. The second kappa shape index (κ2) is 5.96. The highest BCUT2D eigenvalue weighted by Gasteiger charge is 2.24. The molecule has 0 aliphatic heterocycles. The highest BCUT2D eigenvalue weighted by molar-refractivity contribution is 7.11. The summed E-state index contributed by atoms with van der Waals surface area (Å²) in [6.45, 7) is 8.96. The van der Waals surface area contributed by atoms with Crippen LogP contribution in [0.3, 0.4) is 0 Å². The number of nitrogens with zero attached hydrogens (tertiary/aromatic N) is 1. The molecule has 17 heavy (non-hydrogen) atoms. The molecule has 1 aromatic rings. The van der Waals surface area contributed by atoms with Crippen LogP contribution in [-0.4, -0.2) is 18.1 Å². The third kappa shape index (κ3) is 3.08. The standard InChI is InChI=1S/C14H24N2S/c1-4-8-15-9-11-6-5-7-12-13(11)16-14(17-12)10(2)3/h10-11,15H,4-9H2,1-3H3. The number of thiazole rings is 1. The van der Waals surface area contributed by atoms with Gasteiger partial charge in [0.05, 0.1) is 10.7 Å². The Hall–Kier alpha value is -0.410. The molecule has 1 heterocycles. The molecule has 0 amide bonds. The molecule has 1 aliphatic rings. The number of fused-ring (bicyclic) bond motifs is 1. The normalized spacial score (nSPS) is 19.6. The summed E-state index contributed by atoms with van der Waals surface area (Å²) in [5, 5.41) is 4.88. The quantitative estimate of drug-likeness (QED) is 0.809. The van der Waals surface area contributed by atoms with Gasteiger partial charge in [0, 0.05) is 23.3 Å². The van der Waals surface area contributed by atoms with E-state index in [9.17, 15) is 0 Å². The molecule has 1 aromatic heterocycles. The van der Waals surface area contributed by atoms with Crippen LogP contribution in [0.25, 0.3) is 0 Å². The topological polar surface area (TPSA) is 24.9 Å². The lowest BCUT2D eigenvalue weighted by Crippen LogP contribution is -2.24. The number of aryl methyl sites for hydroxylation is 1. The summed E-state index contributed by atoms with van der Waals surface area (Å²) in [5.41, 5.74) is 1.41. The van der Waals surface area contributed by atoms with Crippen molar-refractivity contribution < 1.29 is 0 Å². The highest BCUT2D eigenvalue weighted by Crippen LogP contribution is 2.36. The zero-order valence-corrected chi connectivity index (χ0v) is 12.1. The van der Waals surface area contributed by atoms with Gasteiger partial charge in [0.1, 0.15) is 0 Å². The molecule has 1 unspecified atom stereocenters. The Bertz CT molecular complexity index is 357. The van der Waals surface area contributed by atoms with Crippen molar-refractivity contribution in [1.82, 2.24) is 10.3 Å². The van der Waals surface area contributed by atoms with E-state index in [0.29, 0.717) is 11.8 Å². The predicted molar refractivity (Wildman–Crippen MR) is 75.0 cm³/mol. The van der Waals surface area contributed by atoms with Gasteiger partial charge < -0.3 is 5.32 Å². The first-order valence-corrected chi connectivity index (χ1v) is 7.74. The summed E-state index contributed by atoms with van der Waals surface area (Å²) in [5.74, 6) is 1.24. The Morgan fingerprint density at radius 2 is 2.29 bits per heavy atom. The zero-order chi connectivity index (χ0) is 12.3. The number of hydrogen-bond acceptors (Lipinski definition) is 3. The summed E-state index contributed by atoms with van der Waals surface area (Å²) < 4.78 is 0. The maximum atomic E-state index is 4.89. The van der Waals surface area contributed by atoms with Gasteiger partial charge in [-0.05, 0) is 32.2 Å². The maximum absolute atomic E-state index is 4.89. The van der Waals surface area contributed by atoms with Gasteiger partial charge in [0.15, 0.2) is 0 Å². The molecule has 3 heteroatoms. The minimum absolute atomic E-state index is 0.579. The minimum atomic E-state index is 0.579. The van der Waals surface area contributed by atoms with E-state index in [0.717, 1.165) is 13.1 Å². The lowest BCUT2D eigenvalue weighted by atomic mass is 9.91. The van der Waals surface area contributed by atoms with Crippen molar-refractivity contribution in [3.8, 4) is 0 Å². The predicted octanol–water partition coefficient (Wildman–Crippen LogP) is 3.69. The molecule has 0 saturated carbocycles. The van der Waals surface area contributed by atoms with Crippen LogP contribution in [0.15, 0.2) is 0 Å². The molecule has 2 rings (SSSR count). The molecular weight excluding hydrogens is 228 g/mol. The molecule has 0 bridgehead atoms. The number of hydrogen-bond donors (Lipinski definition) is 1. The smallest absolute Gasteiger partial charge is 0.0956 e. The van der Waals surface area contributed by atoms with E-state index in [4.69, 9.17) is 4.98 Å². The van der Waals surface area contributed by atoms with Crippen molar-refractivity contribution >= 4 is 11.3 Å². The van der Waals surface area contributed by atoms with Gasteiger partial charge in [-0.1, -0.05) is 20.8 Å². The van der Waals surface area contributed by atoms with Gasteiger partial charge in [0.2, 0.25) is 0 Å². The van der Waals surface area contributed by atoms with E-state index in [1.165, 1.54) is 36.4 Å². The van der Waals surface area contributed by atoms with Gasteiger partial charge in [-0.2, -0.15) is 0 Å². The molecular formula is C14H24N2S. The molecule has 0 fully saturated rings. The fraction of sp³-hybridized carbons (Fsp3) is 0.786. The van der Waals surface area contributed by atoms with E-state index in [1.54, 1.807) is 4.88 Å². The van der Waals surface area contributed by atoms with Crippen molar-refractivity contribution in [3.63, 3.8) is 0 Å². The Labute approximate surface area is 109 Å². The summed E-state index contributed by atoms with van der Waals surface area (Å²) in [6.07, 6.45) is 5.12. The third-order valence-corrected chi connectivity index (χ3v) is 4.83. The van der Waals surface area contributed by atoms with Crippen molar-refractivity contribution in [2.75, 3.05) is 13.1 Å². The molecule has 2 nitrogen and oxygen atoms in total. The van der Waals surface area contributed by atoms with Crippen molar-refractivity contribution in [2.45, 2.75) is 58.3 Å². The second-order valence-electron chi connectivity index (χ2n) is 5.31. The number of rotatable bonds is 5. The fourth-order valence-electron chi connectivity index (χ4n) is 2.42. The van der Waals surface area contributed by atoms with Crippen LogP contribution in [0.4, 0.5) is 0 Å². The van der Waals surface area contributed by atoms with Gasteiger partial charge in [-0.3, -0.25) is 0 Å². The average Bonchev–Trinajstić information content (AvgIpc) is 2.74. The largest absolute Gasteiger partial charge is 0.316 e. The van der Waals surface area contributed by atoms with Crippen LogP contribution in [0, 0.1) is 0 Å². The SMILES string of the molecule is CCCNCC1CCCc2sc(C(C)C)nc21. The van der Waals surface area contributed by atoms with Crippen LogP contribution in [0.1, 0.15) is 67.4 Å². The maximum Gasteiger partial charge on any atom is 0.0956 e.